The largest absolute Gasteiger partial charge is 0.456 e. The zero-order chi connectivity index (χ0) is 21.6. The van der Waals surface area contributed by atoms with E-state index in [-0.39, 0.29) is 5.57 Å². The van der Waals surface area contributed by atoms with Gasteiger partial charge in [0.1, 0.15) is 5.60 Å². The minimum absolute atomic E-state index is 0.173. The van der Waals surface area contributed by atoms with Gasteiger partial charge in [0.2, 0.25) is 0 Å². The average molecular weight is 434 g/mol. The molecule has 0 unspecified atom stereocenters. The van der Waals surface area contributed by atoms with Crippen molar-refractivity contribution in [3.8, 4) is 0 Å². The standard InChI is InChI=1S/C17H26F4O6S/c1-13(14(22)27-15(2)8-6-4-3-5-7-9-15)12-26-11-10-16(18,19)17(20,21)28(23,24)25/h1,3-12H2,2H3,(H,23,24,25). The van der Waals surface area contributed by atoms with Gasteiger partial charge in [-0.25, -0.2) is 4.79 Å². The molecule has 1 rings (SSSR count). The van der Waals surface area contributed by atoms with Crippen molar-refractivity contribution >= 4 is 16.1 Å². The number of carbonyl (C=O) groups excluding carboxylic acids is 1. The second-order valence-corrected chi connectivity index (χ2v) is 8.67. The zero-order valence-electron chi connectivity index (χ0n) is 15.7. The summed E-state index contributed by atoms with van der Waals surface area (Å²) in [6.45, 7) is 3.73. The number of hydrogen-bond donors (Lipinski definition) is 1. The Morgan fingerprint density at radius 1 is 1.11 bits per heavy atom. The molecule has 1 aliphatic carbocycles. The van der Waals surface area contributed by atoms with E-state index in [1.54, 1.807) is 0 Å². The third kappa shape index (κ3) is 6.70. The number of halogens is 4. The smallest absolute Gasteiger partial charge is 0.431 e. The summed E-state index contributed by atoms with van der Waals surface area (Å²) in [7, 11) is -6.29. The molecule has 0 heterocycles. The molecule has 0 aliphatic heterocycles. The monoisotopic (exact) mass is 434 g/mol. The first-order chi connectivity index (χ1) is 12.7. The van der Waals surface area contributed by atoms with E-state index in [1.807, 2.05) is 6.92 Å². The van der Waals surface area contributed by atoms with Crippen LogP contribution in [0.1, 0.15) is 58.3 Å². The first-order valence-electron chi connectivity index (χ1n) is 8.93. The highest BCUT2D eigenvalue weighted by Gasteiger charge is 2.65. The molecule has 0 aromatic rings. The second-order valence-electron chi connectivity index (χ2n) is 7.21. The van der Waals surface area contributed by atoms with E-state index in [1.165, 1.54) is 0 Å². The summed E-state index contributed by atoms with van der Waals surface area (Å²) in [5.41, 5.74) is -0.835. The van der Waals surface area contributed by atoms with Crippen molar-refractivity contribution in [3.05, 3.63) is 12.2 Å². The van der Waals surface area contributed by atoms with E-state index in [0.717, 1.165) is 32.1 Å². The van der Waals surface area contributed by atoms with Crippen LogP contribution in [0.15, 0.2) is 12.2 Å². The molecule has 11 heteroatoms. The fourth-order valence-electron chi connectivity index (χ4n) is 2.84. The maximum absolute atomic E-state index is 13.3. The van der Waals surface area contributed by atoms with Gasteiger partial charge < -0.3 is 9.47 Å². The van der Waals surface area contributed by atoms with E-state index < -0.39 is 52.5 Å². The normalized spacial score (nSPS) is 18.8. The highest BCUT2D eigenvalue weighted by Crippen LogP contribution is 2.40. The van der Waals surface area contributed by atoms with Gasteiger partial charge in [-0.05, 0) is 32.6 Å². The summed E-state index contributed by atoms with van der Waals surface area (Å²) >= 11 is 0. The van der Waals surface area contributed by atoms with Crippen molar-refractivity contribution in [1.82, 2.24) is 0 Å². The summed E-state index contributed by atoms with van der Waals surface area (Å²) in [6, 6.07) is 0. The SMILES string of the molecule is C=C(COCCC(F)(F)C(F)(F)S(=O)(=O)O)C(=O)OC1(C)CCCCCCC1. The minimum atomic E-state index is -6.29. The third-order valence-electron chi connectivity index (χ3n) is 4.63. The predicted molar refractivity (Wildman–Crippen MR) is 92.8 cm³/mol. The van der Waals surface area contributed by atoms with Crippen LogP contribution in [-0.2, 0) is 24.4 Å². The summed E-state index contributed by atoms with van der Waals surface area (Å²) in [6.07, 6.45) is 4.71. The molecule has 1 saturated carbocycles. The number of hydrogen-bond acceptors (Lipinski definition) is 5. The Hall–Kier alpha value is -1.20. The number of esters is 1. The maximum atomic E-state index is 13.3. The first-order valence-corrected chi connectivity index (χ1v) is 10.4. The van der Waals surface area contributed by atoms with Gasteiger partial charge in [-0.3, -0.25) is 4.55 Å². The molecule has 0 aromatic heterocycles. The first kappa shape index (κ1) is 24.8. The topological polar surface area (TPSA) is 89.9 Å². The molecule has 1 N–H and O–H groups in total. The summed E-state index contributed by atoms with van der Waals surface area (Å²) in [5.74, 6) is -5.81. The van der Waals surface area contributed by atoms with E-state index in [9.17, 15) is 30.8 Å². The third-order valence-corrected chi connectivity index (χ3v) is 5.57. The lowest BCUT2D eigenvalue weighted by atomic mass is 9.88. The van der Waals surface area contributed by atoms with Crippen LogP contribution in [0.3, 0.4) is 0 Å². The minimum Gasteiger partial charge on any atom is -0.456 e. The van der Waals surface area contributed by atoms with Gasteiger partial charge in [0, 0.05) is 6.42 Å². The van der Waals surface area contributed by atoms with Crippen molar-refractivity contribution in [2.24, 2.45) is 0 Å². The van der Waals surface area contributed by atoms with Crippen molar-refractivity contribution < 1.29 is 44.8 Å². The van der Waals surface area contributed by atoms with Crippen LogP contribution in [0.4, 0.5) is 17.6 Å². The molecule has 164 valence electrons. The molecule has 6 nitrogen and oxygen atoms in total. The molecule has 0 atom stereocenters. The highest BCUT2D eigenvalue weighted by atomic mass is 32.2. The molecule has 0 bridgehead atoms. The Bertz CT molecular complexity index is 655. The Morgan fingerprint density at radius 3 is 2.11 bits per heavy atom. The Kier molecular flexibility index (Phi) is 8.46. The summed E-state index contributed by atoms with van der Waals surface area (Å²) in [4.78, 5) is 12.1. The van der Waals surface area contributed by atoms with Gasteiger partial charge in [0.15, 0.2) is 0 Å². The highest BCUT2D eigenvalue weighted by molar-refractivity contribution is 7.87. The quantitative estimate of drug-likeness (QED) is 0.193. The number of rotatable bonds is 9. The van der Waals surface area contributed by atoms with E-state index in [4.69, 9.17) is 14.0 Å². The lowest BCUT2D eigenvalue weighted by Gasteiger charge is -2.31. The van der Waals surface area contributed by atoms with Gasteiger partial charge in [-0.1, -0.05) is 25.8 Å². The average Bonchev–Trinajstić information content (AvgIpc) is 2.54. The van der Waals surface area contributed by atoms with Crippen LogP contribution in [-0.4, -0.2) is 48.9 Å². The zero-order valence-corrected chi connectivity index (χ0v) is 16.5. The molecule has 0 aromatic carbocycles. The molecule has 0 radical (unpaired) electrons. The van der Waals surface area contributed by atoms with Crippen LogP contribution in [0, 0.1) is 0 Å². The van der Waals surface area contributed by atoms with Gasteiger partial charge in [-0.2, -0.15) is 26.0 Å². The number of carbonyl (C=O) groups is 1. The Labute approximate surface area is 162 Å². The molecule has 0 spiro atoms. The number of alkyl halides is 4. The molecule has 28 heavy (non-hydrogen) atoms. The Morgan fingerprint density at radius 2 is 1.61 bits per heavy atom. The van der Waals surface area contributed by atoms with Crippen LogP contribution in [0.5, 0.6) is 0 Å². The van der Waals surface area contributed by atoms with Crippen molar-refractivity contribution in [3.63, 3.8) is 0 Å². The van der Waals surface area contributed by atoms with Crippen molar-refractivity contribution in [1.29, 1.82) is 0 Å². The summed E-state index contributed by atoms with van der Waals surface area (Å²) < 4.78 is 92.0. The van der Waals surface area contributed by atoms with Crippen LogP contribution in [0.25, 0.3) is 0 Å². The molecule has 0 saturated heterocycles. The van der Waals surface area contributed by atoms with E-state index >= 15 is 0 Å². The molecular weight excluding hydrogens is 408 g/mol. The molecule has 0 amide bonds. The van der Waals surface area contributed by atoms with Gasteiger partial charge in [-0.15, -0.1) is 0 Å². The second kappa shape index (κ2) is 9.53. The lowest BCUT2D eigenvalue weighted by Crippen LogP contribution is -2.47. The van der Waals surface area contributed by atoms with E-state index in [2.05, 4.69) is 6.58 Å². The van der Waals surface area contributed by atoms with Gasteiger partial charge in [0.25, 0.3) is 0 Å². The van der Waals surface area contributed by atoms with Gasteiger partial charge in [0.05, 0.1) is 18.8 Å². The maximum Gasteiger partial charge on any atom is 0.431 e. The van der Waals surface area contributed by atoms with Crippen molar-refractivity contribution in [2.75, 3.05) is 13.2 Å². The van der Waals surface area contributed by atoms with Crippen LogP contribution < -0.4 is 0 Å². The number of ether oxygens (including phenoxy) is 2. The van der Waals surface area contributed by atoms with E-state index in [0.29, 0.717) is 12.8 Å². The van der Waals surface area contributed by atoms with Crippen LogP contribution in [0.2, 0.25) is 0 Å². The van der Waals surface area contributed by atoms with Crippen molar-refractivity contribution in [2.45, 2.75) is 75.1 Å². The fourth-order valence-corrected chi connectivity index (χ4v) is 3.32. The predicted octanol–water partition coefficient (Wildman–Crippen LogP) is 4.11. The Balaban J connectivity index is 2.48. The van der Waals surface area contributed by atoms with Gasteiger partial charge >= 0.3 is 27.3 Å². The summed E-state index contributed by atoms with van der Waals surface area (Å²) in [5, 5.41) is -5.65. The lowest BCUT2D eigenvalue weighted by molar-refractivity contribution is -0.170. The molecular formula is C17H26F4O6S. The van der Waals surface area contributed by atoms with Crippen LogP contribution >= 0.6 is 0 Å². The fraction of sp³-hybridized carbons (Fsp3) is 0.824. The molecule has 1 aliphatic rings. The molecule has 1 fully saturated rings.